The SMILES string of the molecule is Cc1cc(OCCCC(=O)NNC(=O)c2ccc(S(=O)(=O)N3CCCC3)cc2)ccc1Cl. The van der Waals surface area contributed by atoms with Crippen LogP contribution in [-0.4, -0.2) is 44.2 Å². The molecule has 1 fully saturated rings. The van der Waals surface area contributed by atoms with Crippen LogP contribution < -0.4 is 15.6 Å². The fourth-order valence-corrected chi connectivity index (χ4v) is 4.88. The number of hydrazine groups is 1. The Morgan fingerprint density at radius 2 is 1.75 bits per heavy atom. The molecule has 8 nitrogen and oxygen atoms in total. The molecule has 0 bridgehead atoms. The first-order chi connectivity index (χ1) is 15.3. The van der Waals surface area contributed by atoms with Crippen LogP contribution in [-0.2, 0) is 14.8 Å². The van der Waals surface area contributed by atoms with E-state index in [4.69, 9.17) is 16.3 Å². The zero-order chi connectivity index (χ0) is 23.1. The standard InChI is InChI=1S/C22H26ClN3O5S/c1-16-15-18(8-11-20(16)23)31-14-4-5-21(27)24-25-22(28)17-6-9-19(10-7-17)32(29,30)26-12-2-3-13-26/h6-11,15H,2-5,12-14H2,1H3,(H,24,27)(H,25,28). The van der Waals surface area contributed by atoms with Gasteiger partial charge in [-0.15, -0.1) is 0 Å². The molecule has 32 heavy (non-hydrogen) atoms. The van der Waals surface area contributed by atoms with E-state index in [1.165, 1.54) is 28.6 Å². The molecule has 0 spiro atoms. The largest absolute Gasteiger partial charge is 0.494 e. The summed E-state index contributed by atoms with van der Waals surface area (Å²) in [5.41, 5.74) is 5.83. The van der Waals surface area contributed by atoms with Crippen molar-refractivity contribution in [3.05, 3.63) is 58.6 Å². The van der Waals surface area contributed by atoms with E-state index in [2.05, 4.69) is 10.9 Å². The van der Waals surface area contributed by atoms with Crippen molar-refractivity contribution in [2.24, 2.45) is 0 Å². The number of carbonyl (C=O) groups excluding carboxylic acids is 2. The number of halogens is 1. The van der Waals surface area contributed by atoms with E-state index in [9.17, 15) is 18.0 Å². The van der Waals surface area contributed by atoms with Crippen molar-refractivity contribution >= 4 is 33.4 Å². The van der Waals surface area contributed by atoms with E-state index in [-0.39, 0.29) is 22.8 Å². The second-order valence-corrected chi connectivity index (χ2v) is 9.85. The number of hydrogen-bond donors (Lipinski definition) is 2. The van der Waals surface area contributed by atoms with Gasteiger partial charge in [-0.05, 0) is 74.2 Å². The Bertz CT molecular complexity index is 1070. The van der Waals surface area contributed by atoms with Crippen molar-refractivity contribution in [3.8, 4) is 5.75 Å². The van der Waals surface area contributed by atoms with Crippen LogP contribution in [0.4, 0.5) is 0 Å². The lowest BCUT2D eigenvalue weighted by atomic mass is 10.2. The molecule has 0 radical (unpaired) electrons. The van der Waals surface area contributed by atoms with Crippen molar-refractivity contribution in [2.75, 3.05) is 19.7 Å². The number of nitrogens with one attached hydrogen (secondary N) is 2. The highest BCUT2D eigenvalue weighted by Gasteiger charge is 2.27. The van der Waals surface area contributed by atoms with E-state index in [1.54, 1.807) is 12.1 Å². The zero-order valence-electron chi connectivity index (χ0n) is 17.8. The van der Waals surface area contributed by atoms with E-state index in [0.29, 0.717) is 36.9 Å². The lowest BCUT2D eigenvalue weighted by Crippen LogP contribution is -2.41. The predicted octanol–water partition coefficient (Wildman–Crippen LogP) is 3.05. The maximum atomic E-state index is 12.5. The number of ether oxygens (including phenoxy) is 1. The number of sulfonamides is 1. The van der Waals surface area contributed by atoms with Crippen LogP contribution in [0.15, 0.2) is 47.4 Å². The van der Waals surface area contributed by atoms with Crippen LogP contribution in [0, 0.1) is 6.92 Å². The van der Waals surface area contributed by atoms with Crippen molar-refractivity contribution in [1.82, 2.24) is 15.2 Å². The van der Waals surface area contributed by atoms with Gasteiger partial charge in [0, 0.05) is 30.1 Å². The molecule has 1 heterocycles. The van der Waals surface area contributed by atoms with Gasteiger partial charge in [-0.2, -0.15) is 4.31 Å². The number of carbonyl (C=O) groups is 2. The van der Waals surface area contributed by atoms with E-state index >= 15 is 0 Å². The number of amides is 2. The van der Waals surface area contributed by atoms with Crippen molar-refractivity contribution in [2.45, 2.75) is 37.5 Å². The van der Waals surface area contributed by atoms with Crippen LogP contribution in [0.1, 0.15) is 41.6 Å². The van der Waals surface area contributed by atoms with Gasteiger partial charge in [-0.3, -0.25) is 20.4 Å². The first-order valence-corrected chi connectivity index (χ1v) is 12.2. The molecule has 0 aliphatic carbocycles. The molecule has 3 rings (SSSR count). The van der Waals surface area contributed by atoms with Gasteiger partial charge in [-0.25, -0.2) is 8.42 Å². The Morgan fingerprint density at radius 1 is 1.06 bits per heavy atom. The van der Waals surface area contributed by atoms with Gasteiger partial charge in [0.15, 0.2) is 0 Å². The highest BCUT2D eigenvalue weighted by Crippen LogP contribution is 2.22. The minimum absolute atomic E-state index is 0.149. The molecule has 1 aliphatic rings. The summed E-state index contributed by atoms with van der Waals surface area (Å²) in [5.74, 6) is -0.213. The summed E-state index contributed by atoms with van der Waals surface area (Å²) < 4.78 is 32.1. The van der Waals surface area contributed by atoms with Crippen LogP contribution in [0.2, 0.25) is 5.02 Å². The Hall–Kier alpha value is -2.62. The molecule has 10 heteroatoms. The van der Waals surface area contributed by atoms with Gasteiger partial charge >= 0.3 is 0 Å². The fourth-order valence-electron chi connectivity index (χ4n) is 3.25. The van der Waals surface area contributed by atoms with E-state index in [1.807, 2.05) is 13.0 Å². The van der Waals surface area contributed by atoms with Crippen LogP contribution in [0.5, 0.6) is 5.75 Å². The first-order valence-electron chi connectivity index (χ1n) is 10.4. The Labute approximate surface area is 192 Å². The molecule has 2 N–H and O–H groups in total. The molecule has 0 atom stereocenters. The van der Waals surface area contributed by atoms with Gasteiger partial charge in [0.05, 0.1) is 11.5 Å². The van der Waals surface area contributed by atoms with Gasteiger partial charge in [0.1, 0.15) is 5.75 Å². The summed E-state index contributed by atoms with van der Waals surface area (Å²) >= 11 is 5.97. The smallest absolute Gasteiger partial charge is 0.269 e. The third kappa shape index (κ3) is 6.21. The molecular weight excluding hydrogens is 454 g/mol. The minimum Gasteiger partial charge on any atom is -0.494 e. The normalized spacial score (nSPS) is 14.2. The summed E-state index contributed by atoms with van der Waals surface area (Å²) in [7, 11) is -3.53. The fraction of sp³-hybridized carbons (Fsp3) is 0.364. The number of benzene rings is 2. The van der Waals surface area contributed by atoms with Crippen molar-refractivity contribution in [3.63, 3.8) is 0 Å². The predicted molar refractivity (Wildman–Crippen MR) is 121 cm³/mol. The van der Waals surface area contributed by atoms with E-state index < -0.39 is 15.9 Å². The average Bonchev–Trinajstić information content (AvgIpc) is 3.33. The van der Waals surface area contributed by atoms with Crippen molar-refractivity contribution < 1.29 is 22.7 Å². The zero-order valence-corrected chi connectivity index (χ0v) is 19.3. The lowest BCUT2D eigenvalue weighted by molar-refractivity contribution is -0.122. The quantitative estimate of drug-likeness (QED) is 0.447. The summed E-state index contributed by atoms with van der Waals surface area (Å²) in [6.45, 7) is 3.25. The van der Waals surface area contributed by atoms with E-state index in [0.717, 1.165) is 18.4 Å². The number of aryl methyl sites for hydroxylation is 1. The molecule has 2 aromatic carbocycles. The molecule has 1 saturated heterocycles. The van der Waals surface area contributed by atoms with Gasteiger partial charge in [0.2, 0.25) is 15.9 Å². The Kier molecular flexibility index (Phi) is 8.11. The second-order valence-electron chi connectivity index (χ2n) is 7.50. The average molecular weight is 480 g/mol. The molecule has 0 unspecified atom stereocenters. The topological polar surface area (TPSA) is 105 Å². The molecule has 0 saturated carbocycles. The highest BCUT2D eigenvalue weighted by molar-refractivity contribution is 7.89. The summed E-state index contributed by atoms with van der Waals surface area (Å²) in [6, 6.07) is 11.0. The van der Waals surface area contributed by atoms with Gasteiger partial charge in [-0.1, -0.05) is 11.6 Å². The molecule has 172 valence electrons. The third-order valence-corrected chi connectivity index (χ3v) is 7.42. The summed E-state index contributed by atoms with van der Waals surface area (Å²) in [6.07, 6.45) is 2.34. The maximum Gasteiger partial charge on any atom is 0.269 e. The number of rotatable bonds is 8. The minimum atomic E-state index is -3.53. The van der Waals surface area contributed by atoms with Crippen LogP contribution in [0.25, 0.3) is 0 Å². The molecule has 1 aliphatic heterocycles. The third-order valence-electron chi connectivity index (χ3n) is 5.08. The van der Waals surface area contributed by atoms with Crippen LogP contribution >= 0.6 is 11.6 Å². The lowest BCUT2D eigenvalue weighted by Gasteiger charge is -2.15. The van der Waals surface area contributed by atoms with Crippen LogP contribution in [0.3, 0.4) is 0 Å². The molecular formula is C22H26ClN3O5S. The highest BCUT2D eigenvalue weighted by atomic mass is 35.5. The second kappa shape index (κ2) is 10.8. The number of hydrogen-bond acceptors (Lipinski definition) is 5. The molecule has 0 aromatic heterocycles. The summed E-state index contributed by atoms with van der Waals surface area (Å²) in [5, 5.41) is 0.662. The molecule has 2 aromatic rings. The number of nitrogens with zero attached hydrogens (tertiary/aromatic N) is 1. The van der Waals surface area contributed by atoms with Gasteiger partial charge < -0.3 is 4.74 Å². The Balaban J connectivity index is 1.40. The molecule has 2 amide bonds. The Morgan fingerprint density at radius 3 is 2.41 bits per heavy atom. The van der Waals surface area contributed by atoms with Gasteiger partial charge in [0.25, 0.3) is 5.91 Å². The monoisotopic (exact) mass is 479 g/mol. The van der Waals surface area contributed by atoms with Crippen molar-refractivity contribution in [1.29, 1.82) is 0 Å². The maximum absolute atomic E-state index is 12.5. The first kappa shape index (κ1) is 24.0. The summed E-state index contributed by atoms with van der Waals surface area (Å²) in [4.78, 5) is 24.3.